The topological polar surface area (TPSA) is 64.0 Å². The minimum atomic E-state index is -3.82. The van der Waals surface area contributed by atoms with Crippen molar-refractivity contribution < 1.29 is 12.8 Å². The molecule has 0 radical (unpaired) electrons. The van der Waals surface area contributed by atoms with Crippen molar-refractivity contribution in [2.75, 3.05) is 4.72 Å². The van der Waals surface area contributed by atoms with Crippen molar-refractivity contribution in [3.05, 3.63) is 41.8 Å². The van der Waals surface area contributed by atoms with Gasteiger partial charge in [0.1, 0.15) is 11.6 Å². The molecule has 1 N–H and O–H groups in total. The van der Waals surface area contributed by atoms with E-state index in [0.717, 1.165) is 6.07 Å². The van der Waals surface area contributed by atoms with Gasteiger partial charge in [-0.15, -0.1) is 0 Å². The van der Waals surface area contributed by atoms with E-state index >= 15 is 0 Å². The van der Waals surface area contributed by atoms with Crippen LogP contribution in [0.3, 0.4) is 0 Å². The average Bonchev–Trinajstić information content (AvgIpc) is 2.78. The van der Waals surface area contributed by atoms with E-state index in [1.165, 1.54) is 23.0 Å². The van der Waals surface area contributed by atoms with Gasteiger partial charge in [-0.1, -0.05) is 6.07 Å². The number of hydrogen-bond donors (Lipinski definition) is 1. The van der Waals surface area contributed by atoms with Crippen molar-refractivity contribution >= 4 is 15.8 Å². The first-order valence-electron chi connectivity index (χ1n) is 5.75. The van der Waals surface area contributed by atoms with Crippen LogP contribution in [0.1, 0.15) is 12.5 Å². The van der Waals surface area contributed by atoms with Crippen LogP contribution in [-0.4, -0.2) is 18.2 Å². The second-order valence-corrected chi connectivity index (χ2v) is 5.70. The number of anilines is 1. The molecule has 2 aromatic rings. The minimum absolute atomic E-state index is 0.0728. The monoisotopic (exact) mass is 283 g/mol. The highest BCUT2D eigenvalue weighted by molar-refractivity contribution is 7.92. The number of halogens is 1. The van der Waals surface area contributed by atoms with Gasteiger partial charge in [0.2, 0.25) is 0 Å². The Balaban J connectivity index is 2.41. The van der Waals surface area contributed by atoms with Gasteiger partial charge in [-0.25, -0.2) is 17.5 Å². The molecule has 5 nitrogen and oxygen atoms in total. The molecular weight excluding hydrogens is 269 g/mol. The lowest BCUT2D eigenvalue weighted by Crippen LogP contribution is -2.17. The summed E-state index contributed by atoms with van der Waals surface area (Å²) in [6.07, 6.45) is 1.50. The summed E-state index contributed by atoms with van der Waals surface area (Å²) < 4.78 is 41.5. The fraction of sp³-hybridized carbons (Fsp3) is 0.250. The summed E-state index contributed by atoms with van der Waals surface area (Å²) in [6, 6.07) is 5.21. The highest BCUT2D eigenvalue weighted by Crippen LogP contribution is 2.20. The molecule has 1 heterocycles. The molecule has 1 aromatic carbocycles. The molecular formula is C12H14FN3O2S. The molecule has 0 saturated heterocycles. The van der Waals surface area contributed by atoms with E-state index in [-0.39, 0.29) is 4.90 Å². The molecule has 0 fully saturated rings. The van der Waals surface area contributed by atoms with Crippen molar-refractivity contribution in [3.63, 3.8) is 0 Å². The Kier molecular flexibility index (Phi) is 3.57. The lowest BCUT2D eigenvalue weighted by molar-refractivity contribution is 0.592. The number of nitrogens with zero attached hydrogens (tertiary/aromatic N) is 2. The third-order valence-electron chi connectivity index (χ3n) is 2.69. The fourth-order valence-corrected chi connectivity index (χ4v) is 3.05. The van der Waals surface area contributed by atoms with E-state index in [1.54, 1.807) is 13.0 Å². The minimum Gasteiger partial charge on any atom is -0.264 e. The summed E-state index contributed by atoms with van der Waals surface area (Å²) in [5, 5.41) is 3.97. The maximum Gasteiger partial charge on any atom is 0.263 e. The summed E-state index contributed by atoms with van der Waals surface area (Å²) in [5.74, 6) is -0.235. The largest absolute Gasteiger partial charge is 0.264 e. The lowest BCUT2D eigenvalue weighted by Gasteiger charge is -2.11. The first-order valence-corrected chi connectivity index (χ1v) is 7.23. The van der Waals surface area contributed by atoms with Crippen molar-refractivity contribution in [1.29, 1.82) is 0 Å². The van der Waals surface area contributed by atoms with Crippen LogP contribution < -0.4 is 4.72 Å². The van der Waals surface area contributed by atoms with Gasteiger partial charge in [0, 0.05) is 12.6 Å². The van der Waals surface area contributed by atoms with Gasteiger partial charge in [0.25, 0.3) is 10.0 Å². The third-order valence-corrected chi connectivity index (χ3v) is 4.19. The predicted octanol–water partition coefficient (Wildman–Crippen LogP) is 2.15. The molecule has 0 amide bonds. The van der Waals surface area contributed by atoms with Crippen LogP contribution in [0.5, 0.6) is 0 Å². The summed E-state index contributed by atoms with van der Waals surface area (Å²) >= 11 is 0. The van der Waals surface area contributed by atoms with Gasteiger partial charge < -0.3 is 0 Å². The van der Waals surface area contributed by atoms with E-state index < -0.39 is 15.8 Å². The highest BCUT2D eigenvalue weighted by atomic mass is 32.2. The molecule has 19 heavy (non-hydrogen) atoms. The van der Waals surface area contributed by atoms with Gasteiger partial charge in [0.15, 0.2) is 0 Å². The van der Waals surface area contributed by atoms with Crippen LogP contribution in [-0.2, 0) is 16.6 Å². The Morgan fingerprint density at radius 3 is 2.79 bits per heavy atom. The number of aromatic nitrogens is 2. The Labute approximate surface area is 111 Å². The average molecular weight is 283 g/mol. The molecule has 7 heteroatoms. The van der Waals surface area contributed by atoms with Crippen LogP contribution in [0, 0.1) is 12.7 Å². The Hall–Kier alpha value is -1.89. The quantitative estimate of drug-likeness (QED) is 0.935. The highest BCUT2D eigenvalue weighted by Gasteiger charge is 2.19. The van der Waals surface area contributed by atoms with Crippen molar-refractivity contribution in [1.82, 2.24) is 9.78 Å². The van der Waals surface area contributed by atoms with Gasteiger partial charge in [-0.3, -0.25) is 4.72 Å². The van der Waals surface area contributed by atoms with E-state index in [2.05, 4.69) is 9.82 Å². The SMILES string of the molecule is CCn1nccc1NS(=O)(=O)c1cc(F)ccc1C. The van der Waals surface area contributed by atoms with Crippen molar-refractivity contribution in [2.45, 2.75) is 25.3 Å². The van der Waals surface area contributed by atoms with Crippen LogP contribution in [0.15, 0.2) is 35.4 Å². The number of aryl methyl sites for hydroxylation is 2. The molecule has 0 spiro atoms. The molecule has 0 aliphatic carbocycles. The summed E-state index contributed by atoms with van der Waals surface area (Å²) in [6.45, 7) is 4.00. The number of benzene rings is 1. The number of hydrogen-bond acceptors (Lipinski definition) is 3. The Morgan fingerprint density at radius 2 is 2.11 bits per heavy atom. The van der Waals surface area contributed by atoms with Crippen LogP contribution in [0.2, 0.25) is 0 Å². The molecule has 0 bridgehead atoms. The van der Waals surface area contributed by atoms with Crippen LogP contribution in [0.4, 0.5) is 10.2 Å². The molecule has 2 rings (SSSR count). The smallest absolute Gasteiger partial charge is 0.263 e. The van der Waals surface area contributed by atoms with Gasteiger partial charge in [-0.05, 0) is 31.5 Å². The zero-order valence-corrected chi connectivity index (χ0v) is 11.4. The molecule has 0 atom stereocenters. The van der Waals surface area contributed by atoms with Gasteiger partial charge in [-0.2, -0.15) is 5.10 Å². The first-order chi connectivity index (χ1) is 8.94. The zero-order chi connectivity index (χ0) is 14.0. The fourth-order valence-electron chi connectivity index (χ4n) is 1.73. The third kappa shape index (κ3) is 2.76. The molecule has 0 unspecified atom stereocenters. The van der Waals surface area contributed by atoms with Gasteiger partial charge in [0.05, 0.1) is 11.1 Å². The maximum atomic E-state index is 13.2. The first kappa shape index (κ1) is 13.5. The number of rotatable bonds is 4. The second kappa shape index (κ2) is 5.00. The van der Waals surface area contributed by atoms with E-state index in [1.807, 2.05) is 6.92 Å². The molecule has 0 aliphatic rings. The molecule has 0 aliphatic heterocycles. The number of nitrogens with one attached hydrogen (secondary N) is 1. The molecule has 1 aromatic heterocycles. The number of sulfonamides is 1. The van der Waals surface area contributed by atoms with Crippen molar-refractivity contribution in [2.24, 2.45) is 0 Å². The van der Waals surface area contributed by atoms with E-state index in [0.29, 0.717) is 17.9 Å². The Morgan fingerprint density at radius 1 is 1.37 bits per heavy atom. The summed E-state index contributed by atoms with van der Waals surface area (Å²) in [7, 11) is -3.82. The van der Waals surface area contributed by atoms with E-state index in [9.17, 15) is 12.8 Å². The van der Waals surface area contributed by atoms with Crippen LogP contribution >= 0.6 is 0 Å². The summed E-state index contributed by atoms with van der Waals surface area (Å²) in [5.41, 5.74) is 0.483. The lowest BCUT2D eigenvalue weighted by atomic mass is 10.2. The molecule has 102 valence electrons. The van der Waals surface area contributed by atoms with E-state index in [4.69, 9.17) is 0 Å². The van der Waals surface area contributed by atoms with Gasteiger partial charge >= 0.3 is 0 Å². The second-order valence-electron chi connectivity index (χ2n) is 4.05. The molecule has 0 saturated carbocycles. The zero-order valence-electron chi connectivity index (χ0n) is 10.6. The summed E-state index contributed by atoms with van der Waals surface area (Å²) in [4.78, 5) is -0.0728. The predicted molar refractivity (Wildman–Crippen MR) is 69.8 cm³/mol. The standard InChI is InChI=1S/C12H14FN3O2S/c1-3-16-12(6-7-14-16)15-19(17,18)11-8-10(13)5-4-9(11)2/h4-8,15H,3H2,1-2H3. The normalized spacial score (nSPS) is 11.5. The van der Waals surface area contributed by atoms with Crippen molar-refractivity contribution in [3.8, 4) is 0 Å². The van der Waals surface area contributed by atoms with Crippen LogP contribution in [0.25, 0.3) is 0 Å². The maximum absolute atomic E-state index is 13.2. The Bertz CT molecular complexity index is 695.